The largest absolute Gasteiger partial charge is 0.355 e. The Morgan fingerprint density at radius 3 is 2.54 bits per heavy atom. The molecule has 2 aromatic rings. The molecule has 1 fully saturated rings. The second-order valence-electron chi connectivity index (χ2n) is 7.98. The Morgan fingerprint density at radius 1 is 1.07 bits per heavy atom. The molecule has 3 atom stereocenters. The lowest BCUT2D eigenvalue weighted by Crippen LogP contribution is -2.49. The van der Waals surface area contributed by atoms with Gasteiger partial charge in [-0.05, 0) is 47.2 Å². The molecule has 6 heteroatoms. The molecular formula is C22H22Cl2N2O2. The van der Waals surface area contributed by atoms with Crippen LogP contribution < -0.4 is 10.6 Å². The summed E-state index contributed by atoms with van der Waals surface area (Å²) in [5, 5.41) is 7.25. The van der Waals surface area contributed by atoms with Gasteiger partial charge in [-0.15, -0.1) is 0 Å². The molecule has 0 radical (unpaired) electrons. The Hall–Kier alpha value is -2.04. The smallest absolute Gasteiger partial charge is 0.236 e. The number of benzene rings is 2. The number of fused-ring (bicyclic) bond motifs is 2. The summed E-state index contributed by atoms with van der Waals surface area (Å²) < 4.78 is 0. The number of amides is 2. The Balaban J connectivity index is 2.01. The summed E-state index contributed by atoms with van der Waals surface area (Å²) >= 11 is 12.5. The highest BCUT2D eigenvalue weighted by Gasteiger charge is 2.59. The number of hydrogen-bond acceptors (Lipinski definition) is 2. The summed E-state index contributed by atoms with van der Waals surface area (Å²) in [6.07, 6.45) is 0.296. The number of carbonyl (C=O) groups is 2. The van der Waals surface area contributed by atoms with Crippen LogP contribution >= 0.6 is 23.2 Å². The molecule has 0 aromatic heterocycles. The minimum absolute atomic E-state index is 0.0298. The maximum Gasteiger partial charge on any atom is 0.236 e. The van der Waals surface area contributed by atoms with Crippen LogP contribution in [0.15, 0.2) is 42.5 Å². The zero-order valence-corrected chi connectivity index (χ0v) is 17.3. The maximum atomic E-state index is 13.6. The van der Waals surface area contributed by atoms with E-state index in [1.165, 1.54) is 0 Å². The quantitative estimate of drug-likeness (QED) is 0.741. The van der Waals surface area contributed by atoms with Crippen molar-refractivity contribution < 1.29 is 9.59 Å². The van der Waals surface area contributed by atoms with Crippen molar-refractivity contribution in [3.63, 3.8) is 0 Å². The van der Waals surface area contributed by atoms with Gasteiger partial charge < -0.3 is 10.6 Å². The molecule has 2 amide bonds. The Labute approximate surface area is 174 Å². The first-order valence-electron chi connectivity index (χ1n) is 9.47. The number of hydrogen-bond donors (Lipinski definition) is 2. The van der Waals surface area contributed by atoms with Crippen molar-refractivity contribution in [2.45, 2.75) is 31.6 Å². The molecule has 4 rings (SSSR count). The molecule has 2 aromatic carbocycles. The van der Waals surface area contributed by atoms with E-state index in [0.29, 0.717) is 23.0 Å². The molecule has 28 heavy (non-hydrogen) atoms. The molecule has 0 saturated carbocycles. The molecule has 1 spiro atoms. The van der Waals surface area contributed by atoms with Crippen molar-refractivity contribution in [3.05, 3.63) is 63.6 Å². The second-order valence-corrected chi connectivity index (χ2v) is 8.85. The summed E-state index contributed by atoms with van der Waals surface area (Å²) in [5.74, 6) is -0.394. The lowest BCUT2D eigenvalue weighted by Gasteiger charge is -2.42. The zero-order valence-electron chi connectivity index (χ0n) is 15.8. The van der Waals surface area contributed by atoms with Gasteiger partial charge in [0.1, 0.15) is 0 Å². The molecule has 4 nitrogen and oxygen atoms in total. The van der Waals surface area contributed by atoms with Crippen LogP contribution in [0.2, 0.25) is 10.0 Å². The fourth-order valence-electron chi connectivity index (χ4n) is 4.98. The van der Waals surface area contributed by atoms with E-state index in [-0.39, 0.29) is 29.6 Å². The van der Waals surface area contributed by atoms with E-state index in [0.717, 1.165) is 16.8 Å². The lowest BCUT2D eigenvalue weighted by atomic mass is 9.58. The lowest BCUT2D eigenvalue weighted by molar-refractivity contribution is -0.125. The summed E-state index contributed by atoms with van der Waals surface area (Å²) in [6, 6.07) is 13.1. The average Bonchev–Trinajstić information content (AvgIpc) is 2.80. The van der Waals surface area contributed by atoms with Gasteiger partial charge in [0.25, 0.3) is 0 Å². The normalized spacial score (nSPS) is 26.8. The van der Waals surface area contributed by atoms with Crippen LogP contribution in [0.4, 0.5) is 5.69 Å². The van der Waals surface area contributed by atoms with E-state index in [1.807, 2.05) is 36.4 Å². The Morgan fingerprint density at radius 2 is 1.82 bits per heavy atom. The first-order valence-corrected chi connectivity index (χ1v) is 10.2. The number of nitrogens with one attached hydrogen (secondary N) is 2. The first-order chi connectivity index (χ1) is 13.3. The van der Waals surface area contributed by atoms with Crippen molar-refractivity contribution in [2.24, 2.45) is 11.8 Å². The van der Waals surface area contributed by atoms with Crippen LogP contribution in [0.5, 0.6) is 0 Å². The van der Waals surface area contributed by atoms with Crippen LogP contribution in [0.3, 0.4) is 0 Å². The predicted octanol–water partition coefficient (Wildman–Crippen LogP) is 4.76. The Kier molecular flexibility index (Phi) is 4.88. The SMILES string of the molecule is CC(C)[C@@H]1CC(=O)NC[C@H](c2cccc(Cl)c2)[C@@]12C(=O)Nc1cc(Cl)ccc12. The topological polar surface area (TPSA) is 58.2 Å². The standard InChI is InChI=1S/C22H22Cl2N2O2/c1-12(2)17-10-20(27)25-11-18(13-4-3-5-14(23)8-13)22(17)16-7-6-15(24)9-19(16)26-21(22)28/h3-9,12,17-18H,10-11H2,1-2H3,(H,25,27)(H,26,28)/t17-,18+,22-/m0/s1. The minimum Gasteiger partial charge on any atom is -0.355 e. The van der Waals surface area contributed by atoms with Crippen LogP contribution in [0.1, 0.15) is 37.3 Å². The molecule has 1 saturated heterocycles. The van der Waals surface area contributed by atoms with Crippen LogP contribution in [0, 0.1) is 11.8 Å². The van der Waals surface area contributed by atoms with Gasteiger partial charge in [0, 0.05) is 34.6 Å². The van der Waals surface area contributed by atoms with Gasteiger partial charge in [-0.3, -0.25) is 9.59 Å². The van der Waals surface area contributed by atoms with Gasteiger partial charge in [-0.25, -0.2) is 0 Å². The molecule has 2 heterocycles. The van der Waals surface area contributed by atoms with Gasteiger partial charge in [-0.2, -0.15) is 0 Å². The van der Waals surface area contributed by atoms with E-state index in [9.17, 15) is 9.59 Å². The third kappa shape index (κ3) is 2.90. The third-order valence-electron chi connectivity index (χ3n) is 6.15. The van der Waals surface area contributed by atoms with Gasteiger partial charge in [0.15, 0.2) is 0 Å². The van der Waals surface area contributed by atoms with E-state index >= 15 is 0 Å². The fraction of sp³-hybridized carbons (Fsp3) is 0.364. The van der Waals surface area contributed by atoms with Crippen LogP contribution in [-0.4, -0.2) is 18.4 Å². The first kappa shape index (κ1) is 19.3. The number of rotatable bonds is 2. The monoisotopic (exact) mass is 416 g/mol. The van der Waals surface area contributed by atoms with Gasteiger partial charge in [0.05, 0.1) is 5.41 Å². The van der Waals surface area contributed by atoms with Crippen molar-refractivity contribution in [2.75, 3.05) is 11.9 Å². The summed E-state index contributed by atoms with van der Waals surface area (Å²) in [4.78, 5) is 26.2. The van der Waals surface area contributed by atoms with Crippen LogP contribution in [-0.2, 0) is 15.0 Å². The maximum absolute atomic E-state index is 13.6. The van der Waals surface area contributed by atoms with Crippen molar-refractivity contribution >= 4 is 40.7 Å². The van der Waals surface area contributed by atoms with Gasteiger partial charge in [0.2, 0.25) is 11.8 Å². The molecular weight excluding hydrogens is 395 g/mol. The number of carbonyl (C=O) groups excluding carboxylic acids is 2. The molecule has 0 unspecified atom stereocenters. The number of halogens is 2. The van der Waals surface area contributed by atoms with Crippen LogP contribution in [0.25, 0.3) is 0 Å². The molecule has 2 aliphatic rings. The highest BCUT2D eigenvalue weighted by Crippen LogP contribution is 2.55. The van der Waals surface area contributed by atoms with E-state index in [2.05, 4.69) is 24.5 Å². The van der Waals surface area contributed by atoms with E-state index < -0.39 is 5.41 Å². The van der Waals surface area contributed by atoms with E-state index in [1.54, 1.807) is 6.07 Å². The summed E-state index contributed by atoms with van der Waals surface area (Å²) in [5.41, 5.74) is 1.70. The summed E-state index contributed by atoms with van der Waals surface area (Å²) in [7, 11) is 0. The van der Waals surface area contributed by atoms with Gasteiger partial charge >= 0.3 is 0 Å². The van der Waals surface area contributed by atoms with Crippen molar-refractivity contribution in [1.29, 1.82) is 0 Å². The van der Waals surface area contributed by atoms with Crippen molar-refractivity contribution in [3.8, 4) is 0 Å². The predicted molar refractivity (Wildman–Crippen MR) is 112 cm³/mol. The third-order valence-corrected chi connectivity index (χ3v) is 6.62. The highest BCUT2D eigenvalue weighted by atomic mass is 35.5. The van der Waals surface area contributed by atoms with Gasteiger partial charge in [-0.1, -0.05) is 55.2 Å². The van der Waals surface area contributed by atoms with E-state index in [4.69, 9.17) is 23.2 Å². The highest BCUT2D eigenvalue weighted by molar-refractivity contribution is 6.31. The summed E-state index contributed by atoms with van der Waals surface area (Å²) in [6.45, 7) is 4.51. The Bertz CT molecular complexity index is 959. The second kappa shape index (κ2) is 7.09. The fourth-order valence-corrected chi connectivity index (χ4v) is 5.35. The minimum atomic E-state index is -0.877. The molecule has 0 bridgehead atoms. The zero-order chi connectivity index (χ0) is 20.1. The average molecular weight is 417 g/mol. The molecule has 2 aliphatic heterocycles. The number of anilines is 1. The molecule has 0 aliphatic carbocycles. The molecule has 2 N–H and O–H groups in total. The van der Waals surface area contributed by atoms with Crippen molar-refractivity contribution in [1.82, 2.24) is 5.32 Å². The molecule has 146 valence electrons.